The predicted octanol–water partition coefficient (Wildman–Crippen LogP) is 10.7. The van der Waals surface area contributed by atoms with E-state index in [4.69, 9.17) is 10.2 Å². The number of para-hydroxylation sites is 2. The molecule has 0 radical (unpaired) electrons. The summed E-state index contributed by atoms with van der Waals surface area (Å²) in [6, 6.07) is 46.9. The third-order valence-electron chi connectivity index (χ3n) is 12.1. The molecule has 2 heterocycles. The van der Waals surface area contributed by atoms with Gasteiger partial charge in [-0.25, -0.2) is 4.68 Å². The number of rotatable bonds is 4. The predicted molar refractivity (Wildman–Crippen MR) is 209 cm³/mol. The molecule has 10 rings (SSSR count). The zero-order chi connectivity index (χ0) is 34.4. The standard InChI is InChI=1S/C47H40N4/c1-29-45(31(3)50(48-29)35-15-7-5-8-16-35)33-23-25-39-40-26-24-34(46-30(2)49-51(32(46)4)36-17-9-6-10-18-36)28-44(40)47(43(39)27-33)41-21-13-11-19-37(41)38-20-12-14-22-42(38)47/h5-27,32,34,46H,28H2,1-4H3. The van der Waals surface area contributed by atoms with Crippen LogP contribution in [0.2, 0.25) is 0 Å². The minimum Gasteiger partial charge on any atom is -0.262 e. The van der Waals surface area contributed by atoms with Crippen LogP contribution in [-0.2, 0) is 5.41 Å². The highest BCUT2D eigenvalue weighted by Gasteiger charge is 2.54. The van der Waals surface area contributed by atoms with E-state index in [1.54, 1.807) is 0 Å². The third kappa shape index (κ3) is 4.14. The van der Waals surface area contributed by atoms with Crippen LogP contribution in [0.25, 0.3) is 33.5 Å². The molecule has 51 heavy (non-hydrogen) atoms. The van der Waals surface area contributed by atoms with Crippen LogP contribution in [0, 0.1) is 25.7 Å². The second-order valence-electron chi connectivity index (χ2n) is 14.7. The molecular weight excluding hydrogens is 621 g/mol. The third-order valence-corrected chi connectivity index (χ3v) is 12.1. The fourth-order valence-electron chi connectivity index (χ4n) is 10.1. The molecule has 6 aromatic rings. The number of nitrogens with zero attached hydrogens (tertiary/aromatic N) is 4. The van der Waals surface area contributed by atoms with Gasteiger partial charge in [0.1, 0.15) is 0 Å². The lowest BCUT2D eigenvalue weighted by atomic mass is 9.65. The van der Waals surface area contributed by atoms with Gasteiger partial charge in [-0.3, -0.25) is 5.01 Å². The zero-order valence-electron chi connectivity index (χ0n) is 29.5. The Kier molecular flexibility index (Phi) is 6.57. The van der Waals surface area contributed by atoms with Crippen molar-refractivity contribution in [3.63, 3.8) is 0 Å². The minimum atomic E-state index is -0.375. The molecule has 3 unspecified atom stereocenters. The van der Waals surface area contributed by atoms with E-state index in [0.29, 0.717) is 11.8 Å². The molecule has 4 heteroatoms. The number of hydrogen-bond donors (Lipinski definition) is 0. The van der Waals surface area contributed by atoms with Crippen molar-refractivity contribution in [1.82, 2.24) is 9.78 Å². The van der Waals surface area contributed by atoms with E-state index in [-0.39, 0.29) is 11.5 Å². The van der Waals surface area contributed by atoms with Gasteiger partial charge in [-0.1, -0.05) is 109 Å². The van der Waals surface area contributed by atoms with Crippen LogP contribution in [0.5, 0.6) is 0 Å². The van der Waals surface area contributed by atoms with E-state index in [1.165, 1.54) is 61.4 Å². The maximum Gasteiger partial charge on any atom is 0.0688 e. The second-order valence-corrected chi connectivity index (χ2v) is 14.7. The maximum absolute atomic E-state index is 5.16. The zero-order valence-corrected chi connectivity index (χ0v) is 29.5. The summed E-state index contributed by atoms with van der Waals surface area (Å²) >= 11 is 0. The van der Waals surface area contributed by atoms with E-state index in [1.807, 2.05) is 0 Å². The summed E-state index contributed by atoms with van der Waals surface area (Å²) in [5.74, 6) is 0.642. The lowest BCUT2D eigenvalue weighted by Gasteiger charge is -2.37. The number of benzene rings is 5. The molecule has 4 aliphatic rings. The summed E-state index contributed by atoms with van der Waals surface area (Å²) < 4.78 is 2.09. The summed E-state index contributed by atoms with van der Waals surface area (Å²) in [6.45, 7) is 8.93. The van der Waals surface area contributed by atoms with Crippen molar-refractivity contribution in [2.75, 3.05) is 5.01 Å². The molecule has 1 spiro atoms. The van der Waals surface area contributed by atoms with Crippen LogP contribution < -0.4 is 5.01 Å². The quantitative estimate of drug-likeness (QED) is 0.189. The number of fused-ring (bicyclic) bond motifs is 9. The van der Waals surface area contributed by atoms with Gasteiger partial charge < -0.3 is 0 Å². The molecule has 0 saturated heterocycles. The van der Waals surface area contributed by atoms with Crippen LogP contribution in [0.15, 0.2) is 150 Å². The number of aryl methyl sites for hydroxylation is 1. The van der Waals surface area contributed by atoms with Gasteiger partial charge in [0.2, 0.25) is 0 Å². The molecule has 1 aromatic heterocycles. The van der Waals surface area contributed by atoms with Gasteiger partial charge in [0.05, 0.1) is 28.5 Å². The summed E-state index contributed by atoms with van der Waals surface area (Å²) in [4.78, 5) is 0. The molecule has 1 aliphatic heterocycles. The Hall–Kier alpha value is -5.74. The molecule has 4 nitrogen and oxygen atoms in total. The summed E-state index contributed by atoms with van der Waals surface area (Å²) in [7, 11) is 0. The van der Waals surface area contributed by atoms with Gasteiger partial charge in [0, 0.05) is 22.9 Å². The van der Waals surface area contributed by atoms with Crippen LogP contribution in [0.1, 0.15) is 53.9 Å². The van der Waals surface area contributed by atoms with Crippen molar-refractivity contribution < 1.29 is 0 Å². The lowest BCUT2D eigenvalue weighted by Crippen LogP contribution is -2.36. The molecule has 0 saturated carbocycles. The van der Waals surface area contributed by atoms with E-state index in [0.717, 1.165) is 29.2 Å². The fourth-order valence-corrected chi connectivity index (χ4v) is 10.1. The highest BCUT2D eigenvalue weighted by Crippen LogP contribution is 2.64. The number of allylic oxidation sites excluding steroid dienone is 4. The van der Waals surface area contributed by atoms with Gasteiger partial charge in [0.15, 0.2) is 0 Å². The first-order chi connectivity index (χ1) is 25.0. The molecule has 5 aromatic carbocycles. The van der Waals surface area contributed by atoms with Gasteiger partial charge in [-0.2, -0.15) is 10.2 Å². The average Bonchev–Trinajstić information content (AvgIpc) is 3.85. The molecule has 0 N–H and O–H groups in total. The Morgan fingerprint density at radius 3 is 1.98 bits per heavy atom. The van der Waals surface area contributed by atoms with Crippen molar-refractivity contribution in [2.45, 2.75) is 45.6 Å². The van der Waals surface area contributed by atoms with Crippen LogP contribution in [-0.4, -0.2) is 21.5 Å². The number of anilines is 1. The largest absolute Gasteiger partial charge is 0.262 e. The normalized spacial score (nSPS) is 20.7. The van der Waals surface area contributed by atoms with Crippen molar-refractivity contribution in [1.29, 1.82) is 0 Å². The van der Waals surface area contributed by atoms with Gasteiger partial charge in [-0.05, 0) is 120 Å². The summed E-state index contributed by atoms with van der Waals surface area (Å²) in [6.07, 6.45) is 5.93. The Bertz CT molecular complexity index is 2420. The van der Waals surface area contributed by atoms with Gasteiger partial charge in [-0.15, -0.1) is 0 Å². The van der Waals surface area contributed by atoms with E-state index in [2.05, 4.69) is 177 Å². The number of hydrogen-bond acceptors (Lipinski definition) is 3. The molecule has 0 amide bonds. The second kappa shape index (κ2) is 11.1. The van der Waals surface area contributed by atoms with E-state index >= 15 is 0 Å². The Balaban J connectivity index is 1.14. The summed E-state index contributed by atoms with van der Waals surface area (Å²) in [5, 5.41) is 12.5. The first-order valence-electron chi connectivity index (χ1n) is 18.2. The molecule has 0 bridgehead atoms. The first-order valence-corrected chi connectivity index (χ1v) is 18.2. The monoisotopic (exact) mass is 660 g/mol. The van der Waals surface area contributed by atoms with E-state index in [9.17, 15) is 0 Å². The van der Waals surface area contributed by atoms with Gasteiger partial charge >= 0.3 is 0 Å². The van der Waals surface area contributed by atoms with Crippen LogP contribution in [0.4, 0.5) is 5.69 Å². The lowest BCUT2D eigenvalue weighted by molar-refractivity contribution is 0.429. The van der Waals surface area contributed by atoms with Crippen molar-refractivity contribution in [3.05, 3.63) is 179 Å². The van der Waals surface area contributed by atoms with Crippen LogP contribution in [0.3, 0.4) is 0 Å². The highest BCUT2D eigenvalue weighted by molar-refractivity contribution is 5.98. The fraction of sp³-hybridized carbons (Fsp3) is 0.191. The topological polar surface area (TPSA) is 33.4 Å². The minimum absolute atomic E-state index is 0.255. The van der Waals surface area contributed by atoms with E-state index < -0.39 is 0 Å². The number of aromatic nitrogens is 2. The smallest absolute Gasteiger partial charge is 0.0688 e. The SMILES string of the molecule is CC1=NN(c2ccccc2)C(C)C1C1C=CC2=C(C1)C1(c3cc(-c4c(C)nn(-c5ccccc5)c4C)ccc32)c2ccccc2-c2ccccc21. The van der Waals surface area contributed by atoms with Crippen molar-refractivity contribution in [2.24, 2.45) is 16.9 Å². The molecular formula is C47H40N4. The molecule has 3 aliphatic carbocycles. The molecule has 248 valence electrons. The summed E-state index contributed by atoms with van der Waals surface area (Å²) in [5.41, 5.74) is 18.8. The van der Waals surface area contributed by atoms with Gasteiger partial charge in [0.25, 0.3) is 0 Å². The Morgan fingerprint density at radius 2 is 1.29 bits per heavy atom. The average molecular weight is 661 g/mol. The van der Waals surface area contributed by atoms with Crippen molar-refractivity contribution in [3.8, 4) is 27.9 Å². The maximum atomic E-state index is 5.16. The molecule has 0 fully saturated rings. The van der Waals surface area contributed by atoms with Crippen molar-refractivity contribution >= 4 is 17.0 Å². The molecule has 3 atom stereocenters. The Labute approximate surface area is 300 Å². The van der Waals surface area contributed by atoms with Crippen LogP contribution >= 0.6 is 0 Å². The first kappa shape index (κ1) is 30.1. The number of hydrazone groups is 1. The Morgan fingerprint density at radius 1 is 0.667 bits per heavy atom. The highest BCUT2D eigenvalue weighted by atomic mass is 15.5.